The number of nitrogens with one attached hydrogen (secondary N) is 1. The van der Waals surface area contributed by atoms with Gasteiger partial charge < -0.3 is 14.8 Å². The van der Waals surface area contributed by atoms with Crippen LogP contribution in [0.25, 0.3) is 0 Å². The first-order valence-corrected chi connectivity index (χ1v) is 6.73. The minimum absolute atomic E-state index is 0.360. The zero-order valence-electron chi connectivity index (χ0n) is 11.8. The lowest BCUT2D eigenvalue weighted by Crippen LogP contribution is -2.11. The number of benzene rings is 2. The second kappa shape index (κ2) is 6.85. The Morgan fingerprint density at radius 2 is 1.81 bits per heavy atom. The number of rotatable bonds is 4. The van der Waals surface area contributed by atoms with Gasteiger partial charge in [0, 0.05) is 18.2 Å². The van der Waals surface area contributed by atoms with Gasteiger partial charge in [-0.2, -0.15) is 0 Å². The van der Waals surface area contributed by atoms with Crippen LogP contribution in [0.1, 0.15) is 12.5 Å². The summed E-state index contributed by atoms with van der Waals surface area (Å²) in [6, 6.07) is 14.5. The fourth-order valence-electron chi connectivity index (χ4n) is 1.74. The summed E-state index contributed by atoms with van der Waals surface area (Å²) in [4.78, 5) is 11.5. The molecule has 0 radical (unpaired) electrons. The van der Waals surface area contributed by atoms with Crippen molar-refractivity contribution in [1.29, 1.82) is 0 Å². The molecule has 2 rings (SSSR count). The molecule has 0 spiro atoms. The Labute approximate surface area is 128 Å². The van der Waals surface area contributed by atoms with Crippen LogP contribution in [-0.4, -0.2) is 18.1 Å². The van der Waals surface area contributed by atoms with Gasteiger partial charge in [0.1, 0.15) is 16.5 Å². The Balaban J connectivity index is 2.10. The van der Waals surface area contributed by atoms with Gasteiger partial charge in [-0.25, -0.2) is 0 Å². The number of hydrogen-bond acceptors (Lipinski definition) is 4. The zero-order chi connectivity index (χ0) is 15.2. The molecule has 0 unspecified atom stereocenters. The topological polar surface area (TPSA) is 47.6 Å². The van der Waals surface area contributed by atoms with Gasteiger partial charge in [0.05, 0.1) is 7.11 Å². The summed E-state index contributed by atoms with van der Waals surface area (Å²) in [7, 11) is 1.62. The molecule has 0 heterocycles. The normalized spacial score (nSPS) is 9.81. The minimum Gasteiger partial charge on any atom is -0.497 e. The van der Waals surface area contributed by atoms with Gasteiger partial charge in [0.2, 0.25) is 0 Å². The predicted molar refractivity (Wildman–Crippen MR) is 86.1 cm³/mol. The Morgan fingerprint density at radius 3 is 2.43 bits per heavy atom. The number of carbonyl (C=O) groups excluding carboxylic acids is 1. The van der Waals surface area contributed by atoms with Crippen LogP contribution in [0.15, 0.2) is 48.5 Å². The van der Waals surface area contributed by atoms with E-state index < -0.39 is 0 Å². The Kier molecular flexibility index (Phi) is 4.90. The SMILES string of the molecule is COc1ccc(NC(=S)c2cccc(OC(C)=O)c2)cc1. The molecule has 1 N–H and O–H groups in total. The fraction of sp³-hybridized carbons (Fsp3) is 0.125. The molecule has 0 bridgehead atoms. The lowest BCUT2D eigenvalue weighted by atomic mass is 10.2. The smallest absolute Gasteiger partial charge is 0.308 e. The highest BCUT2D eigenvalue weighted by molar-refractivity contribution is 7.81. The van der Waals surface area contributed by atoms with E-state index in [2.05, 4.69) is 5.32 Å². The van der Waals surface area contributed by atoms with Crippen molar-refractivity contribution in [3.05, 3.63) is 54.1 Å². The van der Waals surface area contributed by atoms with Crippen molar-refractivity contribution in [2.24, 2.45) is 0 Å². The molecule has 0 atom stereocenters. The molecule has 0 aliphatic carbocycles. The van der Waals surface area contributed by atoms with Crippen LogP contribution in [0.2, 0.25) is 0 Å². The van der Waals surface area contributed by atoms with Crippen molar-refractivity contribution in [3.63, 3.8) is 0 Å². The third-order valence-corrected chi connectivity index (χ3v) is 3.04. The van der Waals surface area contributed by atoms with E-state index in [4.69, 9.17) is 21.7 Å². The number of hydrogen-bond donors (Lipinski definition) is 1. The van der Waals surface area contributed by atoms with E-state index in [1.807, 2.05) is 30.3 Å². The average Bonchev–Trinajstić information content (AvgIpc) is 2.47. The van der Waals surface area contributed by atoms with Crippen molar-refractivity contribution in [2.45, 2.75) is 6.92 Å². The molecular weight excluding hydrogens is 286 g/mol. The summed E-state index contributed by atoms with van der Waals surface area (Å²) in [5, 5.41) is 3.13. The first kappa shape index (κ1) is 15.0. The third kappa shape index (κ3) is 4.29. The lowest BCUT2D eigenvalue weighted by Gasteiger charge is -2.10. The quantitative estimate of drug-likeness (QED) is 0.533. The predicted octanol–water partition coefficient (Wildman–Crippen LogP) is 3.41. The van der Waals surface area contributed by atoms with E-state index in [0.717, 1.165) is 17.0 Å². The summed E-state index contributed by atoms with van der Waals surface area (Å²) < 4.78 is 10.1. The molecule has 0 saturated carbocycles. The summed E-state index contributed by atoms with van der Waals surface area (Å²) >= 11 is 5.35. The molecule has 2 aromatic carbocycles. The van der Waals surface area contributed by atoms with E-state index in [-0.39, 0.29) is 5.97 Å². The van der Waals surface area contributed by atoms with Gasteiger partial charge in [-0.3, -0.25) is 4.79 Å². The summed E-state index contributed by atoms with van der Waals surface area (Å²) in [5.41, 5.74) is 1.64. The van der Waals surface area contributed by atoms with Crippen LogP contribution in [0.5, 0.6) is 11.5 Å². The van der Waals surface area contributed by atoms with Gasteiger partial charge in [-0.15, -0.1) is 0 Å². The number of esters is 1. The van der Waals surface area contributed by atoms with E-state index in [1.54, 1.807) is 25.3 Å². The van der Waals surface area contributed by atoms with Crippen molar-refractivity contribution in [2.75, 3.05) is 12.4 Å². The molecule has 2 aromatic rings. The maximum atomic E-state index is 11.0. The summed E-state index contributed by atoms with van der Waals surface area (Å²) in [5.74, 6) is 0.892. The molecule has 5 heteroatoms. The van der Waals surface area contributed by atoms with Crippen LogP contribution in [0.4, 0.5) is 5.69 Å². The second-order valence-corrected chi connectivity index (χ2v) is 4.71. The second-order valence-electron chi connectivity index (χ2n) is 4.30. The highest BCUT2D eigenvalue weighted by Crippen LogP contribution is 2.18. The number of anilines is 1. The van der Waals surface area contributed by atoms with Crippen LogP contribution >= 0.6 is 12.2 Å². The van der Waals surface area contributed by atoms with Crippen molar-refractivity contribution >= 4 is 28.9 Å². The van der Waals surface area contributed by atoms with Crippen molar-refractivity contribution in [3.8, 4) is 11.5 Å². The summed E-state index contributed by atoms with van der Waals surface area (Å²) in [6.07, 6.45) is 0. The Bertz CT molecular complexity index is 653. The lowest BCUT2D eigenvalue weighted by molar-refractivity contribution is -0.131. The molecule has 21 heavy (non-hydrogen) atoms. The molecular formula is C16H15NO3S. The molecule has 0 fully saturated rings. The standard InChI is InChI=1S/C16H15NO3S/c1-11(18)20-15-5-3-4-12(10-15)16(21)17-13-6-8-14(19-2)9-7-13/h3-10H,1-2H3,(H,17,21). The minimum atomic E-state index is -0.360. The van der Waals surface area contributed by atoms with Gasteiger partial charge in [-0.1, -0.05) is 24.4 Å². The molecule has 0 amide bonds. The number of thiocarbonyl (C=S) groups is 1. The fourth-order valence-corrected chi connectivity index (χ4v) is 1.99. The largest absolute Gasteiger partial charge is 0.497 e. The Morgan fingerprint density at radius 1 is 1.10 bits per heavy atom. The molecule has 108 valence electrons. The van der Waals surface area contributed by atoms with Crippen molar-refractivity contribution < 1.29 is 14.3 Å². The Hall–Kier alpha value is -2.40. The zero-order valence-corrected chi connectivity index (χ0v) is 12.6. The number of ether oxygens (including phenoxy) is 2. The molecule has 0 aliphatic rings. The first-order chi connectivity index (χ1) is 10.1. The van der Waals surface area contributed by atoms with Gasteiger partial charge in [-0.05, 0) is 36.4 Å². The van der Waals surface area contributed by atoms with Gasteiger partial charge in [0.15, 0.2) is 0 Å². The maximum absolute atomic E-state index is 11.0. The van der Waals surface area contributed by atoms with Crippen LogP contribution in [0, 0.1) is 0 Å². The van der Waals surface area contributed by atoms with E-state index in [9.17, 15) is 4.79 Å². The highest BCUT2D eigenvalue weighted by Gasteiger charge is 2.05. The number of carbonyl (C=O) groups is 1. The molecule has 0 saturated heterocycles. The molecule has 4 nitrogen and oxygen atoms in total. The first-order valence-electron chi connectivity index (χ1n) is 6.32. The van der Waals surface area contributed by atoms with Crippen LogP contribution < -0.4 is 14.8 Å². The molecule has 0 aromatic heterocycles. The van der Waals surface area contributed by atoms with Crippen LogP contribution in [-0.2, 0) is 4.79 Å². The average molecular weight is 301 g/mol. The van der Waals surface area contributed by atoms with E-state index >= 15 is 0 Å². The number of methoxy groups -OCH3 is 1. The third-order valence-electron chi connectivity index (χ3n) is 2.71. The van der Waals surface area contributed by atoms with Crippen LogP contribution in [0.3, 0.4) is 0 Å². The van der Waals surface area contributed by atoms with Gasteiger partial charge in [0.25, 0.3) is 0 Å². The maximum Gasteiger partial charge on any atom is 0.308 e. The monoisotopic (exact) mass is 301 g/mol. The highest BCUT2D eigenvalue weighted by atomic mass is 32.1. The molecule has 0 aliphatic heterocycles. The summed E-state index contributed by atoms with van der Waals surface area (Å²) in [6.45, 7) is 1.36. The van der Waals surface area contributed by atoms with E-state index in [1.165, 1.54) is 6.92 Å². The van der Waals surface area contributed by atoms with Gasteiger partial charge >= 0.3 is 5.97 Å². The van der Waals surface area contributed by atoms with E-state index in [0.29, 0.717) is 10.7 Å². The van der Waals surface area contributed by atoms with Crippen molar-refractivity contribution in [1.82, 2.24) is 0 Å².